The van der Waals surface area contributed by atoms with Gasteiger partial charge in [0, 0.05) is 36.8 Å². The number of halogens is 1. The monoisotopic (exact) mass is 330 g/mol. The third-order valence-corrected chi connectivity index (χ3v) is 5.63. The summed E-state index contributed by atoms with van der Waals surface area (Å²) in [7, 11) is -1.29. The molecule has 1 saturated heterocycles. The number of amides is 1. The molecular formula is C14H19ClN2O3S. The molecule has 0 radical (unpaired) electrons. The van der Waals surface area contributed by atoms with Crippen molar-refractivity contribution in [2.75, 3.05) is 30.4 Å². The van der Waals surface area contributed by atoms with Crippen LogP contribution in [-0.4, -0.2) is 50.4 Å². The lowest BCUT2D eigenvalue weighted by atomic mass is 10.2. The number of carbonyl (C=O) groups excluding carboxylic acids is 1. The van der Waals surface area contributed by atoms with Crippen LogP contribution in [-0.2, 0) is 14.6 Å². The molecule has 2 rings (SSSR count). The van der Waals surface area contributed by atoms with Crippen LogP contribution in [0.15, 0.2) is 24.3 Å². The van der Waals surface area contributed by atoms with Crippen LogP contribution >= 0.6 is 11.6 Å². The number of nitrogens with one attached hydrogen (secondary N) is 1. The van der Waals surface area contributed by atoms with Gasteiger partial charge < -0.3 is 10.2 Å². The first-order chi connectivity index (χ1) is 9.87. The van der Waals surface area contributed by atoms with Crippen molar-refractivity contribution in [1.29, 1.82) is 0 Å². The minimum Gasteiger partial charge on any atom is -0.384 e. The third kappa shape index (κ3) is 4.61. The molecular weight excluding hydrogens is 312 g/mol. The van der Waals surface area contributed by atoms with Crippen molar-refractivity contribution in [2.24, 2.45) is 0 Å². The standard InChI is InChI=1S/C14H19ClN2O3S/c1-17(13-6-8-21(19,20)10-13)14(18)5-7-16-12-4-2-3-11(15)9-12/h2-4,9,13,16H,5-8,10H2,1H3. The Morgan fingerprint density at radius 3 is 2.86 bits per heavy atom. The molecule has 1 N–H and O–H groups in total. The molecule has 1 heterocycles. The van der Waals surface area contributed by atoms with Gasteiger partial charge in [-0.25, -0.2) is 8.42 Å². The van der Waals surface area contributed by atoms with E-state index in [4.69, 9.17) is 11.6 Å². The summed E-state index contributed by atoms with van der Waals surface area (Å²) in [5.74, 6) is 0.208. The lowest BCUT2D eigenvalue weighted by Gasteiger charge is -2.23. The van der Waals surface area contributed by atoms with E-state index in [2.05, 4.69) is 5.32 Å². The second kappa shape index (κ2) is 6.66. The summed E-state index contributed by atoms with van der Waals surface area (Å²) in [6.07, 6.45) is 0.853. The van der Waals surface area contributed by atoms with E-state index in [9.17, 15) is 13.2 Å². The van der Waals surface area contributed by atoms with Crippen molar-refractivity contribution in [3.05, 3.63) is 29.3 Å². The highest BCUT2D eigenvalue weighted by Gasteiger charge is 2.32. The molecule has 1 amide bonds. The minimum atomic E-state index is -2.97. The zero-order valence-corrected chi connectivity index (χ0v) is 13.5. The number of nitrogens with zero attached hydrogens (tertiary/aromatic N) is 1. The zero-order valence-electron chi connectivity index (χ0n) is 11.9. The molecule has 1 unspecified atom stereocenters. The van der Waals surface area contributed by atoms with E-state index >= 15 is 0 Å². The smallest absolute Gasteiger partial charge is 0.224 e. The molecule has 1 aromatic carbocycles. The number of anilines is 1. The van der Waals surface area contributed by atoms with Crippen LogP contribution in [0.25, 0.3) is 0 Å². The number of hydrogen-bond donors (Lipinski definition) is 1. The van der Waals surface area contributed by atoms with E-state index in [1.165, 1.54) is 0 Å². The number of sulfone groups is 1. The Bertz CT molecular complexity index is 618. The Kier molecular flexibility index (Phi) is 5.11. The summed E-state index contributed by atoms with van der Waals surface area (Å²) >= 11 is 5.88. The van der Waals surface area contributed by atoms with Crippen molar-refractivity contribution in [3.8, 4) is 0 Å². The Hall–Kier alpha value is -1.27. The Morgan fingerprint density at radius 1 is 1.48 bits per heavy atom. The van der Waals surface area contributed by atoms with E-state index in [1.807, 2.05) is 12.1 Å². The van der Waals surface area contributed by atoms with E-state index in [0.29, 0.717) is 24.4 Å². The predicted molar refractivity (Wildman–Crippen MR) is 84.4 cm³/mol. The quantitative estimate of drug-likeness (QED) is 0.893. The summed E-state index contributed by atoms with van der Waals surface area (Å²) in [5.41, 5.74) is 0.862. The van der Waals surface area contributed by atoms with Crippen LogP contribution in [0.3, 0.4) is 0 Å². The van der Waals surface area contributed by atoms with Gasteiger partial charge in [0.1, 0.15) is 0 Å². The molecule has 116 valence electrons. The Morgan fingerprint density at radius 2 is 2.24 bits per heavy atom. The SMILES string of the molecule is CN(C(=O)CCNc1cccc(Cl)c1)C1CCS(=O)(=O)C1. The van der Waals surface area contributed by atoms with Crippen LogP contribution in [0.1, 0.15) is 12.8 Å². The highest BCUT2D eigenvalue weighted by molar-refractivity contribution is 7.91. The molecule has 0 bridgehead atoms. The molecule has 0 saturated carbocycles. The van der Waals surface area contributed by atoms with Gasteiger partial charge in [0.05, 0.1) is 11.5 Å². The maximum Gasteiger partial charge on any atom is 0.224 e. The van der Waals surface area contributed by atoms with Gasteiger partial charge in [-0.2, -0.15) is 0 Å². The molecule has 0 aliphatic carbocycles. The van der Waals surface area contributed by atoms with Crippen LogP contribution in [0.4, 0.5) is 5.69 Å². The van der Waals surface area contributed by atoms with Gasteiger partial charge in [-0.1, -0.05) is 17.7 Å². The van der Waals surface area contributed by atoms with Gasteiger partial charge in [-0.3, -0.25) is 4.79 Å². The molecule has 5 nitrogen and oxygen atoms in total. The molecule has 1 aromatic rings. The van der Waals surface area contributed by atoms with Crippen molar-refractivity contribution in [3.63, 3.8) is 0 Å². The van der Waals surface area contributed by atoms with E-state index in [1.54, 1.807) is 24.1 Å². The molecule has 1 atom stereocenters. The molecule has 7 heteroatoms. The largest absolute Gasteiger partial charge is 0.384 e. The number of rotatable bonds is 5. The summed E-state index contributed by atoms with van der Waals surface area (Å²) in [5, 5.41) is 3.77. The second-order valence-electron chi connectivity index (χ2n) is 5.25. The summed E-state index contributed by atoms with van der Waals surface area (Å²) in [4.78, 5) is 13.6. The van der Waals surface area contributed by atoms with E-state index < -0.39 is 9.84 Å². The molecule has 0 spiro atoms. The highest BCUT2D eigenvalue weighted by Crippen LogP contribution is 2.18. The minimum absolute atomic E-state index is 0.0494. The highest BCUT2D eigenvalue weighted by atomic mass is 35.5. The first-order valence-electron chi connectivity index (χ1n) is 6.83. The van der Waals surface area contributed by atoms with Gasteiger partial charge in [0.25, 0.3) is 0 Å². The van der Waals surface area contributed by atoms with Crippen LogP contribution in [0, 0.1) is 0 Å². The van der Waals surface area contributed by atoms with Crippen molar-refractivity contribution in [1.82, 2.24) is 4.90 Å². The third-order valence-electron chi connectivity index (χ3n) is 3.64. The van der Waals surface area contributed by atoms with Gasteiger partial charge in [0.2, 0.25) is 5.91 Å². The van der Waals surface area contributed by atoms with Gasteiger partial charge >= 0.3 is 0 Å². The topological polar surface area (TPSA) is 66.5 Å². The lowest BCUT2D eigenvalue weighted by Crippen LogP contribution is -2.38. The maximum absolute atomic E-state index is 12.1. The fourth-order valence-corrected chi connectivity index (χ4v) is 4.34. The van der Waals surface area contributed by atoms with E-state index in [-0.39, 0.29) is 23.5 Å². The summed E-state index contributed by atoms with van der Waals surface area (Å²) in [6, 6.07) is 7.10. The number of benzene rings is 1. The average Bonchev–Trinajstić information content (AvgIpc) is 2.78. The Balaban J connectivity index is 1.79. The van der Waals surface area contributed by atoms with Crippen molar-refractivity contribution in [2.45, 2.75) is 18.9 Å². The maximum atomic E-state index is 12.1. The number of carbonyl (C=O) groups is 1. The molecule has 1 aliphatic rings. The fraction of sp³-hybridized carbons (Fsp3) is 0.500. The van der Waals surface area contributed by atoms with Gasteiger partial charge in [0.15, 0.2) is 9.84 Å². The normalized spacial score (nSPS) is 20.2. The van der Waals surface area contributed by atoms with Crippen LogP contribution in [0.5, 0.6) is 0 Å². The van der Waals surface area contributed by atoms with Gasteiger partial charge in [-0.15, -0.1) is 0 Å². The second-order valence-corrected chi connectivity index (χ2v) is 7.91. The van der Waals surface area contributed by atoms with Gasteiger partial charge in [-0.05, 0) is 24.6 Å². The fourth-order valence-electron chi connectivity index (χ4n) is 2.37. The lowest BCUT2D eigenvalue weighted by molar-refractivity contribution is -0.131. The van der Waals surface area contributed by atoms with Crippen molar-refractivity contribution >= 4 is 33.0 Å². The van der Waals surface area contributed by atoms with Crippen LogP contribution in [0.2, 0.25) is 5.02 Å². The zero-order chi connectivity index (χ0) is 15.5. The summed E-state index contributed by atoms with van der Waals surface area (Å²) < 4.78 is 22.9. The molecule has 21 heavy (non-hydrogen) atoms. The summed E-state index contributed by atoms with van der Waals surface area (Å²) in [6.45, 7) is 0.489. The first kappa shape index (κ1) is 16.1. The van der Waals surface area contributed by atoms with Crippen LogP contribution < -0.4 is 5.32 Å². The molecule has 0 aromatic heterocycles. The predicted octanol–water partition coefficient (Wildman–Crippen LogP) is 1.79. The average molecular weight is 331 g/mol. The molecule has 1 fully saturated rings. The Labute approximate surface area is 130 Å². The number of hydrogen-bond acceptors (Lipinski definition) is 4. The molecule has 1 aliphatic heterocycles. The van der Waals surface area contributed by atoms with Crippen molar-refractivity contribution < 1.29 is 13.2 Å². The van der Waals surface area contributed by atoms with E-state index in [0.717, 1.165) is 5.69 Å². The first-order valence-corrected chi connectivity index (χ1v) is 9.03.